The lowest BCUT2D eigenvalue weighted by Crippen LogP contribution is -2.11. The van der Waals surface area contributed by atoms with Gasteiger partial charge in [-0.25, -0.2) is 9.59 Å². The summed E-state index contributed by atoms with van der Waals surface area (Å²) in [5.74, 6) is -0.0566. The smallest absolute Gasteiger partial charge is 0.343 e. The predicted octanol–water partition coefficient (Wildman–Crippen LogP) is 6.41. The number of carbonyl (C=O) groups is 2. The molecule has 4 rings (SSSR count). The number of hydrogen-bond donors (Lipinski definition) is 0. The molecule has 0 aromatic heterocycles. The molecule has 32 heavy (non-hydrogen) atoms. The monoisotopic (exact) mass is 422 g/mol. The lowest BCUT2D eigenvalue weighted by Gasteiger charge is -2.08. The van der Waals surface area contributed by atoms with Crippen LogP contribution in [0.2, 0.25) is 0 Å². The van der Waals surface area contributed by atoms with Gasteiger partial charge in [-0.15, -0.1) is 0 Å². The number of aryl methyl sites for hydroxylation is 2. The molecule has 0 aliphatic heterocycles. The second kappa shape index (κ2) is 9.31. The zero-order valence-electron chi connectivity index (χ0n) is 17.9. The third-order valence-corrected chi connectivity index (χ3v) is 5.04. The molecule has 0 saturated heterocycles. The van der Waals surface area contributed by atoms with Crippen LogP contribution in [-0.2, 0) is 0 Å². The summed E-state index contributed by atoms with van der Waals surface area (Å²) in [6.07, 6.45) is 0. The van der Waals surface area contributed by atoms with Gasteiger partial charge < -0.3 is 9.47 Å². The Morgan fingerprint density at radius 1 is 0.469 bits per heavy atom. The summed E-state index contributed by atoms with van der Waals surface area (Å²) in [6, 6.07) is 29.0. The van der Waals surface area contributed by atoms with Gasteiger partial charge in [0.05, 0.1) is 11.1 Å². The molecule has 0 heterocycles. The summed E-state index contributed by atoms with van der Waals surface area (Å²) >= 11 is 0. The SMILES string of the molecule is Cc1ccc(OC(=O)c2ccc(C(=O)Oc3ccc(-c4ccc(C)cc4)cc3)cc2)cc1. The van der Waals surface area contributed by atoms with Gasteiger partial charge in [0, 0.05) is 0 Å². The third kappa shape index (κ3) is 5.10. The first-order valence-electron chi connectivity index (χ1n) is 10.3. The van der Waals surface area contributed by atoms with Gasteiger partial charge >= 0.3 is 11.9 Å². The number of benzene rings is 4. The Bertz CT molecular complexity index is 1220. The van der Waals surface area contributed by atoms with Gasteiger partial charge in [0.2, 0.25) is 0 Å². The van der Waals surface area contributed by atoms with Crippen molar-refractivity contribution in [2.45, 2.75) is 13.8 Å². The van der Waals surface area contributed by atoms with Crippen LogP contribution in [0.25, 0.3) is 11.1 Å². The van der Waals surface area contributed by atoms with Crippen molar-refractivity contribution in [1.29, 1.82) is 0 Å². The number of carbonyl (C=O) groups excluding carboxylic acids is 2. The molecule has 0 aliphatic carbocycles. The Morgan fingerprint density at radius 2 is 0.781 bits per heavy atom. The van der Waals surface area contributed by atoms with Gasteiger partial charge in [-0.3, -0.25) is 0 Å². The van der Waals surface area contributed by atoms with Gasteiger partial charge in [0.15, 0.2) is 0 Å². The molecule has 0 saturated carbocycles. The van der Waals surface area contributed by atoms with E-state index in [1.165, 1.54) is 5.56 Å². The Kier molecular flexibility index (Phi) is 6.13. The fraction of sp³-hybridized carbons (Fsp3) is 0.0714. The van der Waals surface area contributed by atoms with Crippen molar-refractivity contribution in [3.05, 3.63) is 119 Å². The number of rotatable bonds is 5. The number of esters is 2. The molecule has 0 unspecified atom stereocenters. The van der Waals surface area contributed by atoms with Crippen molar-refractivity contribution in [3.63, 3.8) is 0 Å². The predicted molar refractivity (Wildman–Crippen MR) is 124 cm³/mol. The number of ether oxygens (including phenoxy) is 2. The van der Waals surface area contributed by atoms with Crippen LogP contribution in [0.1, 0.15) is 31.8 Å². The van der Waals surface area contributed by atoms with Crippen molar-refractivity contribution < 1.29 is 19.1 Å². The first kappa shape index (κ1) is 21.1. The molecule has 0 spiro atoms. The Balaban J connectivity index is 1.38. The quantitative estimate of drug-likeness (QED) is 0.275. The highest BCUT2D eigenvalue weighted by Crippen LogP contribution is 2.23. The average Bonchev–Trinajstić information content (AvgIpc) is 2.82. The van der Waals surface area contributed by atoms with Crippen molar-refractivity contribution in [3.8, 4) is 22.6 Å². The summed E-state index contributed by atoms with van der Waals surface area (Å²) in [6.45, 7) is 4.01. The van der Waals surface area contributed by atoms with E-state index >= 15 is 0 Å². The van der Waals surface area contributed by atoms with Gasteiger partial charge in [0.1, 0.15) is 11.5 Å². The van der Waals surface area contributed by atoms with E-state index in [2.05, 4.69) is 24.3 Å². The molecule has 0 fully saturated rings. The molecule has 0 N–H and O–H groups in total. The van der Waals surface area contributed by atoms with E-state index in [1.54, 1.807) is 48.5 Å². The summed E-state index contributed by atoms with van der Waals surface area (Å²) in [5.41, 5.74) is 5.12. The molecule has 4 aromatic carbocycles. The fourth-order valence-electron chi connectivity index (χ4n) is 3.14. The molecule has 0 aliphatic rings. The highest BCUT2D eigenvalue weighted by Gasteiger charge is 2.13. The van der Waals surface area contributed by atoms with Gasteiger partial charge in [-0.05, 0) is 73.5 Å². The van der Waals surface area contributed by atoms with E-state index in [0.29, 0.717) is 22.6 Å². The fourth-order valence-corrected chi connectivity index (χ4v) is 3.14. The molecular formula is C28H22O4. The average molecular weight is 422 g/mol. The summed E-state index contributed by atoms with van der Waals surface area (Å²) in [7, 11) is 0. The molecule has 0 radical (unpaired) electrons. The molecule has 158 valence electrons. The van der Waals surface area contributed by atoms with Gasteiger partial charge in [0.25, 0.3) is 0 Å². The third-order valence-electron chi connectivity index (χ3n) is 5.04. The normalized spacial score (nSPS) is 10.4. The topological polar surface area (TPSA) is 52.6 Å². The molecule has 0 atom stereocenters. The van der Waals surface area contributed by atoms with E-state index in [1.807, 2.05) is 38.1 Å². The lowest BCUT2D eigenvalue weighted by atomic mass is 10.0. The summed E-state index contributed by atoms with van der Waals surface area (Å²) in [4.78, 5) is 24.8. The van der Waals surface area contributed by atoms with E-state index in [4.69, 9.17) is 9.47 Å². The Labute approximate surface area is 187 Å². The van der Waals surface area contributed by atoms with Crippen molar-refractivity contribution >= 4 is 11.9 Å². The zero-order chi connectivity index (χ0) is 22.5. The van der Waals surface area contributed by atoms with Crippen LogP contribution in [0.4, 0.5) is 0 Å². The second-order valence-electron chi connectivity index (χ2n) is 7.56. The van der Waals surface area contributed by atoms with Crippen molar-refractivity contribution in [2.24, 2.45) is 0 Å². The van der Waals surface area contributed by atoms with E-state index in [-0.39, 0.29) is 0 Å². The molecule has 4 aromatic rings. The largest absolute Gasteiger partial charge is 0.423 e. The minimum Gasteiger partial charge on any atom is -0.423 e. The molecule has 0 bridgehead atoms. The minimum absolute atomic E-state index is 0.347. The molecule has 4 heteroatoms. The van der Waals surface area contributed by atoms with E-state index < -0.39 is 11.9 Å². The maximum atomic E-state index is 12.5. The number of hydrogen-bond acceptors (Lipinski definition) is 4. The lowest BCUT2D eigenvalue weighted by molar-refractivity contribution is 0.0720. The van der Waals surface area contributed by atoms with Crippen LogP contribution in [0.3, 0.4) is 0 Å². The maximum absolute atomic E-state index is 12.5. The second-order valence-corrected chi connectivity index (χ2v) is 7.56. The van der Waals surface area contributed by atoms with Crippen LogP contribution in [0, 0.1) is 13.8 Å². The van der Waals surface area contributed by atoms with Crippen LogP contribution < -0.4 is 9.47 Å². The maximum Gasteiger partial charge on any atom is 0.343 e. The zero-order valence-corrected chi connectivity index (χ0v) is 17.9. The first-order chi connectivity index (χ1) is 15.5. The Morgan fingerprint density at radius 3 is 1.19 bits per heavy atom. The van der Waals surface area contributed by atoms with E-state index in [9.17, 15) is 9.59 Å². The highest BCUT2D eigenvalue weighted by molar-refractivity contribution is 5.94. The van der Waals surface area contributed by atoms with Crippen LogP contribution in [0.15, 0.2) is 97.1 Å². The van der Waals surface area contributed by atoms with Gasteiger partial charge in [-0.1, -0.05) is 59.7 Å². The van der Waals surface area contributed by atoms with Crippen LogP contribution >= 0.6 is 0 Å². The standard InChI is InChI=1S/C28H22O4/c1-19-3-7-21(8-4-19)22-13-17-26(18-14-22)32-28(30)24-11-9-23(10-12-24)27(29)31-25-15-5-20(2)6-16-25/h3-18H,1-2H3. The molecule has 4 nitrogen and oxygen atoms in total. The van der Waals surface area contributed by atoms with Crippen molar-refractivity contribution in [2.75, 3.05) is 0 Å². The highest BCUT2D eigenvalue weighted by atomic mass is 16.5. The van der Waals surface area contributed by atoms with Gasteiger partial charge in [-0.2, -0.15) is 0 Å². The molecule has 0 amide bonds. The van der Waals surface area contributed by atoms with E-state index in [0.717, 1.165) is 16.7 Å². The van der Waals surface area contributed by atoms with Crippen LogP contribution in [-0.4, -0.2) is 11.9 Å². The summed E-state index contributed by atoms with van der Waals surface area (Å²) in [5, 5.41) is 0. The van der Waals surface area contributed by atoms with Crippen LogP contribution in [0.5, 0.6) is 11.5 Å². The minimum atomic E-state index is -0.494. The Hall–Kier alpha value is -4.18. The molecular weight excluding hydrogens is 400 g/mol. The van der Waals surface area contributed by atoms with Crippen molar-refractivity contribution in [1.82, 2.24) is 0 Å². The first-order valence-corrected chi connectivity index (χ1v) is 10.3. The summed E-state index contributed by atoms with van der Waals surface area (Å²) < 4.78 is 10.8.